The molecule has 7 nitrogen and oxygen atoms in total. The number of nitrogens with zero attached hydrogens (tertiary/aromatic N) is 2. The molecule has 2 aromatic rings. The Bertz CT molecular complexity index is 911. The van der Waals surface area contributed by atoms with Crippen LogP contribution in [0.25, 0.3) is 11.0 Å². The molecule has 170 valence electrons. The van der Waals surface area contributed by atoms with Crippen molar-refractivity contribution in [2.75, 3.05) is 6.61 Å². The van der Waals surface area contributed by atoms with Crippen LogP contribution in [0, 0.1) is 5.92 Å². The summed E-state index contributed by atoms with van der Waals surface area (Å²) < 4.78 is 8.14. The predicted molar refractivity (Wildman–Crippen MR) is 120 cm³/mol. The van der Waals surface area contributed by atoms with Gasteiger partial charge in [0.25, 0.3) is 5.91 Å². The summed E-state index contributed by atoms with van der Waals surface area (Å²) in [4.78, 5) is 29.2. The SMILES string of the molecule is CCC(CC)n1c(CC2CCCO2)nc2cc(C(=O)N[C@@H](CC(C)C)C(=O)O)ccc21. The Morgan fingerprint density at radius 3 is 2.61 bits per heavy atom. The molecule has 0 aliphatic carbocycles. The number of hydrogen-bond donors (Lipinski definition) is 2. The Morgan fingerprint density at radius 2 is 2.03 bits per heavy atom. The van der Waals surface area contributed by atoms with Gasteiger partial charge in [0, 0.05) is 24.6 Å². The first-order chi connectivity index (χ1) is 14.8. The first kappa shape index (κ1) is 23.3. The second-order valence-electron chi connectivity index (χ2n) is 8.90. The summed E-state index contributed by atoms with van der Waals surface area (Å²) in [7, 11) is 0. The third-order valence-electron chi connectivity index (χ3n) is 6.08. The summed E-state index contributed by atoms with van der Waals surface area (Å²) in [5, 5.41) is 12.1. The molecule has 0 bridgehead atoms. The minimum absolute atomic E-state index is 0.167. The molecule has 1 aliphatic heterocycles. The lowest BCUT2D eigenvalue weighted by Crippen LogP contribution is -2.41. The number of carboxylic acid groups (broad SMARTS) is 1. The lowest BCUT2D eigenvalue weighted by molar-refractivity contribution is -0.139. The molecular weight excluding hydrogens is 394 g/mol. The standard InChI is InChI=1S/C24H35N3O4/c1-5-17(6-2)27-21-10-9-16(23(28)26-20(24(29)30)12-15(3)4)13-19(21)25-22(27)14-18-8-7-11-31-18/h9-10,13,15,17-18,20H,5-8,11-12,14H2,1-4H3,(H,26,28)(H,29,30)/t18?,20-/m0/s1. The summed E-state index contributed by atoms with van der Waals surface area (Å²) in [6.07, 6.45) is 5.48. The van der Waals surface area contributed by atoms with Crippen LogP contribution in [0.1, 0.15) is 82.0 Å². The lowest BCUT2D eigenvalue weighted by Gasteiger charge is -2.20. The number of nitrogens with one attached hydrogen (secondary N) is 1. The zero-order valence-electron chi connectivity index (χ0n) is 19.1. The van der Waals surface area contributed by atoms with Crippen LogP contribution in [0.15, 0.2) is 18.2 Å². The zero-order valence-corrected chi connectivity index (χ0v) is 19.1. The highest BCUT2D eigenvalue weighted by atomic mass is 16.5. The third kappa shape index (κ3) is 5.45. The van der Waals surface area contributed by atoms with E-state index in [4.69, 9.17) is 9.72 Å². The van der Waals surface area contributed by atoms with E-state index < -0.39 is 12.0 Å². The summed E-state index contributed by atoms with van der Waals surface area (Å²) in [6.45, 7) is 9.04. The number of carboxylic acids is 1. The van der Waals surface area contributed by atoms with Gasteiger partial charge < -0.3 is 19.7 Å². The first-order valence-electron chi connectivity index (χ1n) is 11.5. The number of benzene rings is 1. The van der Waals surface area contributed by atoms with Gasteiger partial charge in [0.2, 0.25) is 0 Å². The van der Waals surface area contributed by atoms with Gasteiger partial charge in [-0.3, -0.25) is 4.79 Å². The minimum Gasteiger partial charge on any atom is -0.480 e. The average molecular weight is 430 g/mol. The van der Waals surface area contributed by atoms with Crippen molar-refractivity contribution in [2.24, 2.45) is 5.92 Å². The van der Waals surface area contributed by atoms with Gasteiger partial charge in [-0.15, -0.1) is 0 Å². The van der Waals surface area contributed by atoms with Gasteiger partial charge in [-0.1, -0.05) is 27.7 Å². The molecule has 2 heterocycles. The molecule has 7 heteroatoms. The van der Waals surface area contributed by atoms with E-state index in [1.807, 2.05) is 19.9 Å². The summed E-state index contributed by atoms with van der Waals surface area (Å²) in [6, 6.07) is 4.91. The fourth-order valence-electron chi connectivity index (χ4n) is 4.44. The summed E-state index contributed by atoms with van der Waals surface area (Å²) >= 11 is 0. The average Bonchev–Trinajstić information content (AvgIpc) is 3.36. The predicted octanol–water partition coefficient (Wildman–Crippen LogP) is 4.35. The lowest BCUT2D eigenvalue weighted by atomic mass is 10.0. The molecule has 1 aromatic heterocycles. The second-order valence-corrected chi connectivity index (χ2v) is 8.90. The van der Waals surface area contributed by atoms with E-state index in [1.165, 1.54) is 0 Å². The largest absolute Gasteiger partial charge is 0.480 e. The molecule has 2 N–H and O–H groups in total. The second kappa shape index (κ2) is 10.3. The van der Waals surface area contributed by atoms with Crippen molar-refractivity contribution >= 4 is 22.9 Å². The molecule has 1 fully saturated rings. The highest BCUT2D eigenvalue weighted by molar-refractivity contribution is 5.99. The number of aliphatic carboxylic acids is 1. The number of fused-ring (bicyclic) bond motifs is 1. The number of hydrogen-bond acceptors (Lipinski definition) is 4. The molecule has 0 saturated carbocycles. The number of aromatic nitrogens is 2. The van der Waals surface area contributed by atoms with Crippen molar-refractivity contribution in [2.45, 2.75) is 84.4 Å². The van der Waals surface area contributed by atoms with E-state index in [-0.39, 0.29) is 17.9 Å². The van der Waals surface area contributed by atoms with Crippen LogP contribution in [-0.4, -0.2) is 45.3 Å². The van der Waals surface area contributed by atoms with E-state index in [9.17, 15) is 14.7 Å². The van der Waals surface area contributed by atoms with E-state index in [0.717, 1.165) is 55.6 Å². The van der Waals surface area contributed by atoms with Crippen LogP contribution in [0.2, 0.25) is 0 Å². The van der Waals surface area contributed by atoms with Crippen molar-refractivity contribution in [1.82, 2.24) is 14.9 Å². The van der Waals surface area contributed by atoms with Crippen molar-refractivity contribution < 1.29 is 19.4 Å². The maximum Gasteiger partial charge on any atom is 0.326 e. The molecule has 1 aromatic carbocycles. The van der Waals surface area contributed by atoms with Gasteiger partial charge in [0.05, 0.1) is 17.1 Å². The molecule has 1 amide bonds. The van der Waals surface area contributed by atoms with Gasteiger partial charge in [-0.05, 0) is 56.2 Å². The van der Waals surface area contributed by atoms with Gasteiger partial charge in [0.15, 0.2) is 0 Å². The van der Waals surface area contributed by atoms with Crippen molar-refractivity contribution in [1.29, 1.82) is 0 Å². The monoisotopic (exact) mass is 429 g/mol. The Balaban J connectivity index is 1.91. The fraction of sp³-hybridized carbons (Fsp3) is 0.625. The van der Waals surface area contributed by atoms with E-state index in [1.54, 1.807) is 12.1 Å². The molecule has 1 unspecified atom stereocenters. The Kier molecular flexibility index (Phi) is 7.70. The third-order valence-corrected chi connectivity index (χ3v) is 6.08. The van der Waals surface area contributed by atoms with Crippen LogP contribution in [0.3, 0.4) is 0 Å². The number of amides is 1. The van der Waals surface area contributed by atoms with Gasteiger partial charge in [0.1, 0.15) is 11.9 Å². The van der Waals surface area contributed by atoms with Gasteiger partial charge >= 0.3 is 5.97 Å². The molecule has 1 saturated heterocycles. The van der Waals surface area contributed by atoms with Gasteiger partial charge in [-0.2, -0.15) is 0 Å². The normalized spacial score (nSPS) is 17.5. The number of carbonyl (C=O) groups is 2. The fourth-order valence-corrected chi connectivity index (χ4v) is 4.44. The highest BCUT2D eigenvalue weighted by Gasteiger charge is 2.25. The van der Waals surface area contributed by atoms with Crippen LogP contribution in [-0.2, 0) is 16.0 Å². The molecule has 0 spiro atoms. The number of carbonyl (C=O) groups excluding carboxylic acids is 1. The topological polar surface area (TPSA) is 93.5 Å². The number of ether oxygens (including phenoxy) is 1. The number of rotatable bonds is 10. The Morgan fingerprint density at radius 1 is 1.29 bits per heavy atom. The summed E-state index contributed by atoms with van der Waals surface area (Å²) in [5.74, 6) is -0.232. The van der Waals surface area contributed by atoms with E-state index in [0.29, 0.717) is 18.0 Å². The van der Waals surface area contributed by atoms with Crippen LogP contribution < -0.4 is 5.32 Å². The van der Waals surface area contributed by atoms with Gasteiger partial charge in [-0.25, -0.2) is 9.78 Å². The highest BCUT2D eigenvalue weighted by Crippen LogP contribution is 2.28. The summed E-state index contributed by atoms with van der Waals surface area (Å²) in [5.41, 5.74) is 2.21. The molecular formula is C24H35N3O4. The van der Waals surface area contributed by atoms with Crippen LogP contribution in [0.5, 0.6) is 0 Å². The van der Waals surface area contributed by atoms with E-state index >= 15 is 0 Å². The van der Waals surface area contributed by atoms with Crippen LogP contribution in [0.4, 0.5) is 0 Å². The Hall–Kier alpha value is -2.41. The molecule has 2 atom stereocenters. The Labute approximate surface area is 184 Å². The maximum absolute atomic E-state index is 12.8. The van der Waals surface area contributed by atoms with Crippen molar-refractivity contribution in [3.05, 3.63) is 29.6 Å². The molecule has 0 radical (unpaired) electrons. The zero-order chi connectivity index (χ0) is 22.5. The van der Waals surface area contributed by atoms with Crippen molar-refractivity contribution in [3.63, 3.8) is 0 Å². The molecule has 31 heavy (non-hydrogen) atoms. The molecule has 1 aliphatic rings. The first-order valence-corrected chi connectivity index (χ1v) is 11.5. The quantitative estimate of drug-likeness (QED) is 0.586. The maximum atomic E-state index is 12.8. The number of imidazole rings is 1. The van der Waals surface area contributed by atoms with E-state index in [2.05, 4.69) is 23.7 Å². The van der Waals surface area contributed by atoms with Crippen LogP contribution >= 0.6 is 0 Å². The van der Waals surface area contributed by atoms with Crippen molar-refractivity contribution in [3.8, 4) is 0 Å². The minimum atomic E-state index is -1.01. The molecule has 3 rings (SSSR count). The smallest absolute Gasteiger partial charge is 0.326 e.